The average molecular weight is 341 g/mol. The molecule has 0 saturated heterocycles. The molecule has 1 unspecified atom stereocenters. The van der Waals surface area contributed by atoms with E-state index in [4.69, 9.17) is 22.6 Å². The van der Waals surface area contributed by atoms with E-state index in [9.17, 15) is 0 Å². The summed E-state index contributed by atoms with van der Waals surface area (Å²) < 4.78 is 31.6. The monoisotopic (exact) mass is 340 g/mol. The Morgan fingerprint density at radius 1 is 0.727 bits per heavy atom. The van der Waals surface area contributed by atoms with Crippen LogP contribution in [0.4, 0.5) is 0 Å². The molecule has 0 amide bonds. The van der Waals surface area contributed by atoms with Gasteiger partial charge in [0.1, 0.15) is 0 Å². The molecule has 0 saturated carbocycles. The zero-order chi connectivity index (χ0) is 17.3. The number of hydrogen-bond acceptors (Lipinski definition) is 3. The molecule has 0 bridgehead atoms. The molecule has 0 aliphatic carbocycles. The summed E-state index contributed by atoms with van der Waals surface area (Å²) in [5.41, 5.74) is 0. The Labute approximate surface area is 137 Å². The third-order valence-electron chi connectivity index (χ3n) is 3.48. The van der Waals surface area contributed by atoms with Crippen molar-refractivity contribution in [3.05, 3.63) is 0 Å². The van der Waals surface area contributed by atoms with Gasteiger partial charge in [-0.05, 0) is 13.3 Å². The first-order chi connectivity index (χ1) is 10.3. The van der Waals surface area contributed by atoms with Gasteiger partial charge in [0.2, 0.25) is 0 Å². The maximum atomic E-state index is 9.11. The minimum absolute atomic E-state index is 0.0990. The van der Waals surface area contributed by atoms with E-state index in [1.807, 2.05) is 6.92 Å². The van der Waals surface area contributed by atoms with Crippen LogP contribution in [0.15, 0.2) is 0 Å². The van der Waals surface area contributed by atoms with Gasteiger partial charge in [0.15, 0.2) is 0 Å². The molecule has 1 atom stereocenters. The SMILES string of the molecule is CCCCCCCCCCCCCCC(C)O.O=S(=O)(O)O. The summed E-state index contributed by atoms with van der Waals surface area (Å²) in [7, 11) is -4.67. The molecule has 0 aliphatic heterocycles. The van der Waals surface area contributed by atoms with Crippen LogP contribution in [0.2, 0.25) is 0 Å². The summed E-state index contributed by atoms with van der Waals surface area (Å²) in [6.45, 7) is 4.16. The van der Waals surface area contributed by atoms with Crippen LogP contribution in [0, 0.1) is 0 Å². The molecular weight excluding hydrogens is 304 g/mol. The van der Waals surface area contributed by atoms with E-state index in [-0.39, 0.29) is 6.10 Å². The fraction of sp³-hybridized carbons (Fsp3) is 1.00. The van der Waals surface area contributed by atoms with Crippen molar-refractivity contribution in [3.8, 4) is 0 Å². The van der Waals surface area contributed by atoms with Gasteiger partial charge in [0.05, 0.1) is 6.10 Å². The van der Waals surface area contributed by atoms with Crippen LogP contribution in [0.25, 0.3) is 0 Å². The Morgan fingerprint density at radius 2 is 1.00 bits per heavy atom. The largest absolute Gasteiger partial charge is 0.394 e. The second kappa shape index (κ2) is 17.2. The van der Waals surface area contributed by atoms with Crippen molar-refractivity contribution in [2.45, 2.75) is 103 Å². The highest BCUT2D eigenvalue weighted by Gasteiger charge is 1.96. The number of unbranched alkanes of at least 4 members (excludes halogenated alkanes) is 11. The first kappa shape index (κ1) is 24.1. The molecule has 0 aromatic carbocycles. The van der Waals surface area contributed by atoms with Gasteiger partial charge < -0.3 is 5.11 Å². The predicted octanol–water partition coefficient (Wildman–Crippen LogP) is 4.81. The van der Waals surface area contributed by atoms with E-state index in [1.165, 1.54) is 77.0 Å². The molecule has 0 aromatic rings. The van der Waals surface area contributed by atoms with Crippen molar-refractivity contribution in [2.24, 2.45) is 0 Å². The maximum Gasteiger partial charge on any atom is 0.394 e. The minimum Gasteiger partial charge on any atom is -0.393 e. The molecule has 22 heavy (non-hydrogen) atoms. The van der Waals surface area contributed by atoms with Gasteiger partial charge in [-0.2, -0.15) is 8.42 Å². The molecule has 0 radical (unpaired) electrons. The van der Waals surface area contributed by atoms with Crippen molar-refractivity contribution < 1.29 is 22.6 Å². The fourth-order valence-electron chi connectivity index (χ4n) is 2.28. The highest BCUT2D eigenvalue weighted by molar-refractivity contribution is 7.79. The van der Waals surface area contributed by atoms with Crippen LogP contribution in [0.3, 0.4) is 0 Å². The topological polar surface area (TPSA) is 94.8 Å². The molecule has 6 heteroatoms. The minimum atomic E-state index is -4.67. The second-order valence-electron chi connectivity index (χ2n) is 5.97. The number of rotatable bonds is 13. The third kappa shape index (κ3) is 36.8. The summed E-state index contributed by atoms with van der Waals surface area (Å²) in [5.74, 6) is 0. The number of aliphatic hydroxyl groups excluding tert-OH is 1. The van der Waals surface area contributed by atoms with Crippen molar-refractivity contribution >= 4 is 10.4 Å². The summed E-state index contributed by atoms with van der Waals surface area (Å²) in [4.78, 5) is 0. The maximum absolute atomic E-state index is 9.11. The van der Waals surface area contributed by atoms with Crippen molar-refractivity contribution in [1.29, 1.82) is 0 Å². The van der Waals surface area contributed by atoms with Crippen LogP contribution in [-0.4, -0.2) is 28.7 Å². The summed E-state index contributed by atoms with van der Waals surface area (Å²) >= 11 is 0. The molecule has 3 N–H and O–H groups in total. The summed E-state index contributed by atoms with van der Waals surface area (Å²) in [6.07, 6.45) is 17.6. The van der Waals surface area contributed by atoms with E-state index >= 15 is 0 Å². The highest BCUT2D eigenvalue weighted by Crippen LogP contribution is 2.12. The lowest BCUT2D eigenvalue weighted by Crippen LogP contribution is -1.98. The Bertz CT molecular complexity index is 294. The quantitative estimate of drug-likeness (QED) is 0.330. The van der Waals surface area contributed by atoms with E-state index in [1.54, 1.807) is 0 Å². The Balaban J connectivity index is 0. The second-order valence-corrected chi connectivity index (χ2v) is 6.87. The highest BCUT2D eigenvalue weighted by atomic mass is 32.3. The summed E-state index contributed by atoms with van der Waals surface area (Å²) in [6, 6.07) is 0. The first-order valence-corrected chi connectivity index (χ1v) is 10.0. The van der Waals surface area contributed by atoms with Crippen LogP contribution in [0.1, 0.15) is 97.3 Å². The van der Waals surface area contributed by atoms with E-state index in [0.717, 1.165) is 6.42 Å². The van der Waals surface area contributed by atoms with Crippen LogP contribution in [0.5, 0.6) is 0 Å². The van der Waals surface area contributed by atoms with Crippen LogP contribution >= 0.6 is 0 Å². The smallest absolute Gasteiger partial charge is 0.393 e. The van der Waals surface area contributed by atoms with Gasteiger partial charge in [0, 0.05) is 0 Å². The summed E-state index contributed by atoms with van der Waals surface area (Å²) in [5, 5.41) is 9.11. The third-order valence-corrected chi connectivity index (χ3v) is 3.48. The zero-order valence-corrected chi connectivity index (χ0v) is 15.2. The Kier molecular flexibility index (Phi) is 18.8. The van der Waals surface area contributed by atoms with Gasteiger partial charge in [-0.3, -0.25) is 9.11 Å². The molecule has 0 spiro atoms. The van der Waals surface area contributed by atoms with Gasteiger partial charge in [0.25, 0.3) is 0 Å². The van der Waals surface area contributed by atoms with Crippen LogP contribution < -0.4 is 0 Å². The molecule has 136 valence electrons. The van der Waals surface area contributed by atoms with Gasteiger partial charge >= 0.3 is 10.4 Å². The molecule has 0 aliphatic rings. The van der Waals surface area contributed by atoms with Crippen LogP contribution in [-0.2, 0) is 10.4 Å². The van der Waals surface area contributed by atoms with E-state index in [2.05, 4.69) is 6.92 Å². The zero-order valence-electron chi connectivity index (χ0n) is 14.3. The van der Waals surface area contributed by atoms with E-state index in [0.29, 0.717) is 0 Å². The van der Waals surface area contributed by atoms with Crippen molar-refractivity contribution in [2.75, 3.05) is 0 Å². The first-order valence-electron chi connectivity index (χ1n) is 8.65. The Hall–Kier alpha value is -0.170. The van der Waals surface area contributed by atoms with Gasteiger partial charge in [-0.1, -0.05) is 84.0 Å². The normalized spacial score (nSPS) is 12.6. The molecule has 5 nitrogen and oxygen atoms in total. The lowest BCUT2D eigenvalue weighted by atomic mass is 10.0. The number of hydrogen-bond donors (Lipinski definition) is 3. The van der Waals surface area contributed by atoms with Gasteiger partial charge in [-0.25, -0.2) is 0 Å². The lowest BCUT2D eigenvalue weighted by Gasteiger charge is -2.04. The number of aliphatic hydroxyl groups is 1. The molecular formula is C16H36O5S. The molecule has 0 fully saturated rings. The fourth-order valence-corrected chi connectivity index (χ4v) is 2.28. The molecule has 0 aromatic heterocycles. The molecule has 0 rings (SSSR count). The van der Waals surface area contributed by atoms with Gasteiger partial charge in [-0.15, -0.1) is 0 Å². The predicted molar refractivity (Wildman–Crippen MR) is 91.6 cm³/mol. The van der Waals surface area contributed by atoms with E-state index < -0.39 is 10.4 Å². The lowest BCUT2D eigenvalue weighted by molar-refractivity contribution is 0.180. The van der Waals surface area contributed by atoms with Crippen molar-refractivity contribution in [1.82, 2.24) is 0 Å². The van der Waals surface area contributed by atoms with Crippen molar-refractivity contribution in [3.63, 3.8) is 0 Å². The molecule has 0 heterocycles. The Morgan fingerprint density at radius 3 is 1.27 bits per heavy atom. The standard InChI is InChI=1S/C16H34O.H2O4S/c1-3-4-5-6-7-8-9-10-11-12-13-14-15-16(2)17;1-5(2,3)4/h16-17H,3-15H2,1-2H3;(H2,1,2,3,4). The average Bonchev–Trinajstić information content (AvgIpc) is 2.38.